The van der Waals surface area contributed by atoms with E-state index >= 15 is 0 Å². The first-order chi connectivity index (χ1) is 69.0. The molecule has 2 amide bonds. The van der Waals surface area contributed by atoms with Crippen molar-refractivity contribution in [3.63, 3.8) is 0 Å². The van der Waals surface area contributed by atoms with Gasteiger partial charge >= 0.3 is 17.9 Å². The minimum absolute atomic E-state index is 0.00639. The van der Waals surface area contributed by atoms with Gasteiger partial charge in [-0.2, -0.15) is 5.26 Å². The van der Waals surface area contributed by atoms with E-state index in [1.54, 1.807) is 86.6 Å². The van der Waals surface area contributed by atoms with Crippen LogP contribution in [0, 0.1) is 70.0 Å². The number of carbonyl (C=O) groups is 9. The van der Waals surface area contributed by atoms with Crippen LogP contribution in [0.2, 0.25) is 0 Å². The molecule has 3 aromatic carbocycles. The Bertz CT molecular complexity index is 3710. The van der Waals surface area contributed by atoms with Crippen LogP contribution < -0.4 is 10.6 Å². The number of hydrogen-bond donors (Lipinski definition) is 2. The first-order valence-corrected chi connectivity index (χ1v) is 54.9. The third kappa shape index (κ3) is 49.3. The summed E-state index contributed by atoms with van der Waals surface area (Å²) in [7, 11) is -1.76. The summed E-state index contributed by atoms with van der Waals surface area (Å²) in [6.07, 6.45) is 13.8. The smallest absolute Gasteiger partial charge is 0.338 e. The fourth-order valence-corrected chi connectivity index (χ4v) is 19.6. The van der Waals surface area contributed by atoms with Crippen molar-refractivity contribution < 1.29 is 123 Å². The zero-order valence-electron chi connectivity index (χ0n) is 89.2. The van der Waals surface area contributed by atoms with Gasteiger partial charge in [-0.3, -0.25) is 28.8 Å². The van der Waals surface area contributed by atoms with Crippen molar-refractivity contribution in [1.82, 2.24) is 15.3 Å². The van der Waals surface area contributed by atoms with Crippen LogP contribution in [0.15, 0.2) is 91.0 Å². The molecule has 2 N–H and O–H groups in total. The molecule has 0 aromatic heterocycles. The molecule has 808 valence electrons. The van der Waals surface area contributed by atoms with Gasteiger partial charge in [-0.05, 0) is 209 Å². The molecule has 143 heavy (non-hydrogen) atoms. The second-order valence-corrected chi connectivity index (χ2v) is 41.6. The minimum Gasteiger partial charge on any atom is -0.459 e. The lowest BCUT2D eigenvalue weighted by Gasteiger charge is -2.43. The van der Waals surface area contributed by atoms with Gasteiger partial charge in [0.05, 0.1) is 80.0 Å². The van der Waals surface area contributed by atoms with Crippen molar-refractivity contribution in [2.24, 2.45) is 58.7 Å². The molecule has 31 heteroatoms. The first-order valence-electron chi connectivity index (χ1n) is 53.8. The molecule has 6 rings (SSSR count). The van der Waals surface area contributed by atoms with Gasteiger partial charge in [0.2, 0.25) is 11.8 Å². The average Bonchev–Trinajstić information content (AvgIpc) is 0.820. The predicted molar refractivity (Wildman–Crippen MR) is 550 cm³/mol. The summed E-state index contributed by atoms with van der Waals surface area (Å²) in [5, 5.41) is 15.1. The molecule has 18 unspecified atom stereocenters. The second kappa shape index (κ2) is 73.2. The number of unbranched alkanes of at least 4 members (excludes halogenated alkanes) is 9. The van der Waals surface area contributed by atoms with E-state index in [2.05, 4.69) is 83.7 Å². The van der Waals surface area contributed by atoms with Gasteiger partial charge in [-0.25, -0.2) is 19.1 Å². The van der Waals surface area contributed by atoms with Gasteiger partial charge in [0.15, 0.2) is 18.9 Å². The van der Waals surface area contributed by atoms with Crippen molar-refractivity contribution in [2.45, 2.75) is 351 Å². The van der Waals surface area contributed by atoms with Gasteiger partial charge in [0.25, 0.3) is 8.53 Å². The van der Waals surface area contributed by atoms with E-state index in [-0.39, 0.29) is 198 Å². The lowest BCUT2D eigenvalue weighted by atomic mass is 9.79. The van der Waals surface area contributed by atoms with Crippen molar-refractivity contribution in [2.75, 3.05) is 132 Å². The maximum absolute atomic E-state index is 14.6. The summed E-state index contributed by atoms with van der Waals surface area (Å²) in [6, 6.07) is 27.8. The molecule has 0 spiro atoms. The van der Waals surface area contributed by atoms with Gasteiger partial charge in [0.1, 0.15) is 49.0 Å². The summed E-state index contributed by atoms with van der Waals surface area (Å²) in [6.45, 7) is 37.0. The lowest BCUT2D eigenvalue weighted by Crippen LogP contribution is -2.53. The molecule has 3 saturated heterocycles. The Morgan fingerprint density at radius 3 is 1.03 bits per heavy atom. The Hall–Kier alpha value is -6.99. The number of esters is 3. The summed E-state index contributed by atoms with van der Waals surface area (Å²) in [4.78, 5) is 119. The molecule has 0 radical (unpaired) electrons. The molecule has 0 aliphatic carbocycles. The van der Waals surface area contributed by atoms with Gasteiger partial charge in [-0.15, -0.1) is 0 Å². The molecule has 3 aromatic rings. The number of carbonyl (C=O) groups excluding carboxylic acids is 9. The highest BCUT2D eigenvalue weighted by Crippen LogP contribution is 2.48. The minimum atomic E-state index is -1.76. The summed E-state index contributed by atoms with van der Waals surface area (Å²) in [5.74, 6) is 0.461. The fraction of sp³-hybridized carbons (Fsp3) is 0.750. The molecule has 3 aliphatic heterocycles. The van der Waals surface area contributed by atoms with E-state index in [0.717, 1.165) is 77.0 Å². The van der Waals surface area contributed by atoms with E-state index in [9.17, 15) is 48.4 Å². The van der Waals surface area contributed by atoms with Crippen molar-refractivity contribution in [3.05, 3.63) is 108 Å². The Morgan fingerprint density at radius 2 is 0.699 bits per heavy atom. The Kier molecular flexibility index (Phi) is 63.8. The number of benzene rings is 3. The fourth-order valence-electron chi connectivity index (χ4n) is 17.9. The zero-order valence-corrected chi connectivity index (χ0v) is 90.1. The topological polar surface area (TPSA) is 362 Å². The predicted octanol–water partition coefficient (Wildman–Crippen LogP) is 20.1. The number of amides is 2. The van der Waals surface area contributed by atoms with Crippen LogP contribution in [0.25, 0.3) is 0 Å². The number of nitriles is 1. The summed E-state index contributed by atoms with van der Waals surface area (Å²) in [5.41, 5.74) is 0.548. The molecular formula is C112H179N4O26P. The second-order valence-electron chi connectivity index (χ2n) is 40.2. The number of nitrogens with one attached hydrogen (secondary N) is 2. The Balaban J connectivity index is 0.981. The van der Waals surface area contributed by atoms with E-state index < -0.39 is 50.9 Å². The Labute approximate surface area is 856 Å². The van der Waals surface area contributed by atoms with Crippen LogP contribution in [-0.4, -0.2) is 251 Å². The molecular weight excluding hydrogens is 1850 g/mol. The molecule has 18 atom stereocenters. The molecule has 0 saturated carbocycles. The van der Waals surface area contributed by atoms with Crippen LogP contribution in [-0.2, 0) is 109 Å². The highest BCUT2D eigenvalue weighted by molar-refractivity contribution is 7.44. The molecule has 3 heterocycles. The van der Waals surface area contributed by atoms with Gasteiger partial charge in [-0.1, -0.05) is 143 Å². The lowest BCUT2D eigenvalue weighted by molar-refractivity contribution is -0.254. The average molecular weight is 2030 g/mol. The van der Waals surface area contributed by atoms with E-state index in [1.807, 2.05) is 45.9 Å². The van der Waals surface area contributed by atoms with Crippen molar-refractivity contribution in [3.8, 4) is 6.07 Å². The third-order valence-corrected chi connectivity index (χ3v) is 30.2. The van der Waals surface area contributed by atoms with Crippen LogP contribution >= 0.6 is 8.53 Å². The maximum Gasteiger partial charge on any atom is 0.338 e. The SMILES string of the molecule is CCC(=O)NC(C(=O)NCCCC(=O)CC(COCCCOCCCCC(=O)CCCCCOC1OC(COC(=O)c2ccccc2)C(C)C(C)C1C)(COCCCOCCCCC(=O)CCCCCOC1OC(COC(=O)c2ccccc2)C(C)C(C)C1C)COCCCOCCCCC(=O)CCCCCOC1OC(COC(=O)c2ccccc2)C(C)C(C)C1C)C(C)OP(OCCC#N)N(C(C)C)C(C)C. The number of rotatable bonds is 81. The van der Waals surface area contributed by atoms with Gasteiger partial charge in [0, 0.05) is 179 Å². The molecule has 3 fully saturated rings. The van der Waals surface area contributed by atoms with E-state index in [1.165, 1.54) is 0 Å². The van der Waals surface area contributed by atoms with Gasteiger partial charge < -0.3 is 90.7 Å². The number of hydrogen-bond acceptors (Lipinski definition) is 28. The highest BCUT2D eigenvalue weighted by Gasteiger charge is 2.45. The molecule has 30 nitrogen and oxygen atoms in total. The Morgan fingerprint density at radius 1 is 0.385 bits per heavy atom. The summed E-state index contributed by atoms with van der Waals surface area (Å²) < 4.78 is 107. The maximum atomic E-state index is 14.6. The van der Waals surface area contributed by atoms with Crippen LogP contribution in [0.5, 0.6) is 0 Å². The largest absolute Gasteiger partial charge is 0.459 e. The normalized spacial score (nSPS) is 22.3. The van der Waals surface area contributed by atoms with E-state index in [0.29, 0.717) is 191 Å². The van der Waals surface area contributed by atoms with Crippen LogP contribution in [0.1, 0.15) is 321 Å². The highest BCUT2D eigenvalue weighted by atomic mass is 31.2. The quantitative estimate of drug-likeness (QED) is 0.0229. The van der Waals surface area contributed by atoms with Crippen molar-refractivity contribution in [1.29, 1.82) is 5.26 Å². The van der Waals surface area contributed by atoms with Crippen LogP contribution in [0.3, 0.4) is 0 Å². The zero-order chi connectivity index (χ0) is 104. The standard InChI is InChI=1S/C112H179N4O26P/c1-16-103(121)115-104(92(15)142-143(138-73-42-59-113)116(81(2)3)82(4)5)105(122)114-60-41-58-99(120)74-112(78-129-67-43-64-126-61-38-32-55-96(117)52-29-20-35-70-132-109-89(12)83(6)86(9)100(139-109)75-135-106(123)93-46-23-17-24-47-93,79-130-68-44-65-127-62-39-33-56-97(118)53-30-21-36-71-133-110-90(13)84(7)87(10)101(140-110)76-136-107(124)94-48-25-18-26-49-94)80-131-69-45-66-128-63-40-34-57-98(119)54-31-22-37-72-134-111-91(14)85(8)88(11)102(141-111)77-137-108(125)95-50-27-19-28-51-95/h17-19,23-28,46-51,81-92,100-102,104,109-111H,16,20-22,29-45,52-58,60-80H2,1-15H3,(H,114,122)(H,115,121). The third-order valence-electron chi connectivity index (χ3n) is 28.0. The summed E-state index contributed by atoms with van der Waals surface area (Å²) >= 11 is 0. The number of ether oxygens (including phenoxy) is 15. The van der Waals surface area contributed by atoms with E-state index in [4.69, 9.17) is 80.1 Å². The number of nitrogens with zero attached hydrogens (tertiary/aromatic N) is 2. The van der Waals surface area contributed by atoms with Crippen molar-refractivity contribution >= 4 is 61.4 Å². The molecule has 0 bridgehead atoms. The number of ketones is 4. The molecule has 3 aliphatic rings. The van der Waals surface area contributed by atoms with Crippen LogP contribution in [0.4, 0.5) is 0 Å². The number of Topliss-reactive ketones (excluding diaryl/α,β-unsaturated/α-hetero) is 4. The first kappa shape index (κ1) is 125. The monoisotopic (exact) mass is 2030 g/mol.